The third kappa shape index (κ3) is 7.67. The molecule has 0 unspecified atom stereocenters. The summed E-state index contributed by atoms with van der Waals surface area (Å²) in [5, 5.41) is 3.16. The molecule has 0 aromatic carbocycles. The summed E-state index contributed by atoms with van der Waals surface area (Å²) < 4.78 is 5.28. The van der Waals surface area contributed by atoms with Crippen LogP contribution in [0.1, 0.15) is 52.9 Å². The molecule has 0 aromatic heterocycles. The van der Waals surface area contributed by atoms with E-state index in [-0.39, 0.29) is 24.0 Å². The first-order chi connectivity index (χ1) is 9.08. The summed E-state index contributed by atoms with van der Waals surface area (Å²) in [5.41, 5.74) is 6.34. The number of aliphatic imine (C=N–C) groups is 1. The topological polar surface area (TPSA) is 59.6 Å². The molecule has 1 aliphatic rings. The van der Waals surface area contributed by atoms with E-state index < -0.39 is 0 Å². The smallest absolute Gasteiger partial charge is 0.188 e. The van der Waals surface area contributed by atoms with E-state index >= 15 is 0 Å². The molecular formula is C15H32IN3O. The number of halogens is 1. The lowest BCUT2D eigenvalue weighted by Crippen LogP contribution is -2.38. The van der Waals surface area contributed by atoms with Gasteiger partial charge in [0, 0.05) is 26.3 Å². The third-order valence-electron chi connectivity index (χ3n) is 3.82. The third-order valence-corrected chi connectivity index (χ3v) is 3.82. The van der Waals surface area contributed by atoms with Crippen molar-refractivity contribution in [1.29, 1.82) is 0 Å². The van der Waals surface area contributed by atoms with Gasteiger partial charge in [-0.3, -0.25) is 4.99 Å². The molecule has 0 aromatic rings. The molecule has 1 aliphatic carbocycles. The minimum Gasteiger partial charge on any atom is -0.382 e. The average Bonchev–Trinajstić information content (AvgIpc) is 2.31. The van der Waals surface area contributed by atoms with Crippen LogP contribution in [0.2, 0.25) is 0 Å². The molecular weight excluding hydrogens is 365 g/mol. The van der Waals surface area contributed by atoms with Crippen LogP contribution in [0.25, 0.3) is 0 Å². The van der Waals surface area contributed by atoms with E-state index in [2.05, 4.69) is 24.2 Å². The fourth-order valence-electron chi connectivity index (χ4n) is 2.81. The second-order valence-corrected chi connectivity index (χ2v) is 6.13. The predicted molar refractivity (Wildman–Crippen MR) is 96.8 cm³/mol. The van der Waals surface area contributed by atoms with Gasteiger partial charge in [-0.2, -0.15) is 0 Å². The van der Waals surface area contributed by atoms with E-state index in [4.69, 9.17) is 10.5 Å². The van der Waals surface area contributed by atoms with Crippen LogP contribution in [0.15, 0.2) is 4.99 Å². The van der Waals surface area contributed by atoms with E-state index in [1.807, 2.05) is 6.92 Å². The molecule has 0 atom stereocenters. The summed E-state index contributed by atoms with van der Waals surface area (Å²) in [6, 6.07) is 0. The van der Waals surface area contributed by atoms with Crippen molar-refractivity contribution >= 4 is 29.9 Å². The second kappa shape index (κ2) is 10.7. The lowest BCUT2D eigenvalue weighted by atomic mass is 9.64. The highest BCUT2D eigenvalue weighted by Crippen LogP contribution is 2.46. The number of nitrogens with two attached hydrogens (primary N) is 1. The van der Waals surface area contributed by atoms with Gasteiger partial charge in [0.1, 0.15) is 0 Å². The Bertz CT molecular complexity index is 278. The van der Waals surface area contributed by atoms with E-state index in [1.54, 1.807) is 0 Å². The van der Waals surface area contributed by atoms with Gasteiger partial charge in [-0.15, -0.1) is 24.0 Å². The summed E-state index contributed by atoms with van der Waals surface area (Å²) in [7, 11) is 0. The SMILES string of the molecule is CCOCCCNC(N)=NCC1(CC(C)C)CCC1.I. The maximum Gasteiger partial charge on any atom is 0.188 e. The summed E-state index contributed by atoms with van der Waals surface area (Å²) in [6.07, 6.45) is 6.22. The van der Waals surface area contributed by atoms with Crippen LogP contribution in [-0.2, 0) is 4.74 Å². The molecule has 1 rings (SSSR count). The van der Waals surface area contributed by atoms with Crippen LogP contribution in [0.3, 0.4) is 0 Å². The van der Waals surface area contributed by atoms with E-state index in [0.717, 1.165) is 38.6 Å². The summed E-state index contributed by atoms with van der Waals surface area (Å²) in [6.45, 7) is 9.88. The summed E-state index contributed by atoms with van der Waals surface area (Å²) >= 11 is 0. The molecule has 4 nitrogen and oxygen atoms in total. The van der Waals surface area contributed by atoms with Gasteiger partial charge < -0.3 is 15.8 Å². The molecule has 0 aliphatic heterocycles. The quantitative estimate of drug-likeness (QED) is 0.272. The molecule has 0 spiro atoms. The van der Waals surface area contributed by atoms with E-state index in [9.17, 15) is 0 Å². The highest BCUT2D eigenvalue weighted by Gasteiger charge is 2.37. The van der Waals surface area contributed by atoms with Gasteiger partial charge in [0.15, 0.2) is 5.96 Å². The van der Waals surface area contributed by atoms with Gasteiger partial charge in [-0.05, 0) is 43.9 Å². The van der Waals surface area contributed by atoms with Gasteiger partial charge in [0.2, 0.25) is 0 Å². The molecule has 20 heavy (non-hydrogen) atoms. The number of guanidine groups is 1. The van der Waals surface area contributed by atoms with Crippen LogP contribution < -0.4 is 11.1 Å². The van der Waals surface area contributed by atoms with Gasteiger partial charge in [-0.1, -0.05) is 20.3 Å². The first-order valence-corrected chi connectivity index (χ1v) is 7.69. The average molecular weight is 397 g/mol. The Morgan fingerprint density at radius 1 is 1.40 bits per heavy atom. The lowest BCUT2D eigenvalue weighted by Gasteiger charge is -2.42. The zero-order valence-corrected chi connectivity index (χ0v) is 15.6. The number of nitrogens with zero attached hydrogens (tertiary/aromatic N) is 1. The minimum atomic E-state index is 0. The van der Waals surface area contributed by atoms with Crippen LogP contribution in [-0.4, -0.2) is 32.3 Å². The Morgan fingerprint density at radius 2 is 2.10 bits per heavy atom. The molecule has 1 saturated carbocycles. The highest BCUT2D eigenvalue weighted by atomic mass is 127. The van der Waals surface area contributed by atoms with Crippen molar-refractivity contribution in [1.82, 2.24) is 5.32 Å². The van der Waals surface area contributed by atoms with Crippen molar-refractivity contribution in [3.05, 3.63) is 0 Å². The molecule has 1 fully saturated rings. The maximum absolute atomic E-state index is 5.90. The van der Waals surface area contributed by atoms with Gasteiger partial charge in [-0.25, -0.2) is 0 Å². The lowest BCUT2D eigenvalue weighted by molar-refractivity contribution is 0.111. The molecule has 120 valence electrons. The van der Waals surface area contributed by atoms with Gasteiger partial charge in [0.05, 0.1) is 0 Å². The molecule has 0 bridgehead atoms. The van der Waals surface area contributed by atoms with Crippen molar-refractivity contribution in [2.75, 3.05) is 26.3 Å². The van der Waals surface area contributed by atoms with Crippen LogP contribution in [0.4, 0.5) is 0 Å². The molecule has 5 heteroatoms. The Balaban J connectivity index is 0.00000361. The molecule has 0 heterocycles. The van der Waals surface area contributed by atoms with Crippen LogP contribution in [0.5, 0.6) is 0 Å². The minimum absolute atomic E-state index is 0. The second-order valence-electron chi connectivity index (χ2n) is 6.13. The zero-order valence-electron chi connectivity index (χ0n) is 13.3. The number of rotatable bonds is 9. The Morgan fingerprint density at radius 3 is 2.60 bits per heavy atom. The van der Waals surface area contributed by atoms with Crippen LogP contribution in [0, 0.1) is 11.3 Å². The Kier molecular flexibility index (Phi) is 10.6. The van der Waals surface area contributed by atoms with Crippen molar-refractivity contribution in [3.8, 4) is 0 Å². The predicted octanol–water partition coefficient (Wildman–Crippen LogP) is 3.15. The van der Waals surface area contributed by atoms with Crippen molar-refractivity contribution in [2.45, 2.75) is 52.9 Å². The number of hydrogen-bond donors (Lipinski definition) is 2. The number of hydrogen-bond acceptors (Lipinski definition) is 2. The first-order valence-electron chi connectivity index (χ1n) is 7.69. The standard InChI is InChI=1S/C15H31N3O.HI/c1-4-19-10-6-9-17-14(16)18-12-15(7-5-8-15)11-13(2)3;/h13H,4-12H2,1-3H3,(H3,16,17,18);1H. The Labute approximate surface area is 141 Å². The molecule has 0 radical (unpaired) electrons. The van der Waals surface area contributed by atoms with Crippen molar-refractivity contribution in [2.24, 2.45) is 22.1 Å². The zero-order chi connectivity index (χ0) is 14.1. The number of ether oxygens (including phenoxy) is 1. The normalized spacial score (nSPS) is 17.5. The fraction of sp³-hybridized carbons (Fsp3) is 0.933. The van der Waals surface area contributed by atoms with Gasteiger partial charge in [0.25, 0.3) is 0 Å². The molecule has 0 saturated heterocycles. The van der Waals surface area contributed by atoms with E-state index in [0.29, 0.717) is 11.4 Å². The van der Waals surface area contributed by atoms with E-state index in [1.165, 1.54) is 25.7 Å². The molecule has 3 N–H and O–H groups in total. The van der Waals surface area contributed by atoms with Crippen LogP contribution >= 0.6 is 24.0 Å². The summed E-state index contributed by atoms with van der Waals surface area (Å²) in [5.74, 6) is 1.34. The summed E-state index contributed by atoms with van der Waals surface area (Å²) in [4.78, 5) is 4.53. The van der Waals surface area contributed by atoms with Gasteiger partial charge >= 0.3 is 0 Å². The monoisotopic (exact) mass is 397 g/mol. The highest BCUT2D eigenvalue weighted by molar-refractivity contribution is 14.0. The fourth-order valence-corrected chi connectivity index (χ4v) is 2.81. The van der Waals surface area contributed by atoms with Crippen molar-refractivity contribution in [3.63, 3.8) is 0 Å². The first kappa shape index (κ1) is 20.0. The number of nitrogens with one attached hydrogen (secondary N) is 1. The largest absolute Gasteiger partial charge is 0.382 e. The maximum atomic E-state index is 5.90. The molecule has 0 amide bonds. The Hall–Kier alpha value is -0.0400. The van der Waals surface area contributed by atoms with Crippen molar-refractivity contribution < 1.29 is 4.74 Å².